The second kappa shape index (κ2) is 6.33. The summed E-state index contributed by atoms with van der Waals surface area (Å²) in [4.78, 5) is 22.2. The lowest BCUT2D eigenvalue weighted by Gasteiger charge is -2.11. The third-order valence-electron chi connectivity index (χ3n) is 1.36. The molecule has 0 amide bonds. The van der Waals surface area contributed by atoms with Crippen LogP contribution in [0.5, 0.6) is 0 Å². The SMILES string of the molecule is CCOC(=O)[C@H](C#C[Si](C)(C)C)OC(C)=O. The molecule has 5 heteroatoms. The third kappa shape index (κ3) is 7.07. The van der Waals surface area contributed by atoms with Crippen LogP contribution in [0.15, 0.2) is 0 Å². The van der Waals surface area contributed by atoms with Crippen LogP contribution in [0, 0.1) is 11.5 Å². The molecule has 0 spiro atoms. The Morgan fingerprint density at radius 3 is 2.25 bits per heavy atom. The molecular weight excluding hydrogens is 224 g/mol. The van der Waals surface area contributed by atoms with Gasteiger partial charge in [-0.1, -0.05) is 25.6 Å². The fraction of sp³-hybridized carbons (Fsp3) is 0.636. The van der Waals surface area contributed by atoms with E-state index in [2.05, 4.69) is 11.5 Å². The Hall–Kier alpha value is -1.28. The minimum absolute atomic E-state index is 0.241. The van der Waals surface area contributed by atoms with Crippen molar-refractivity contribution in [1.29, 1.82) is 0 Å². The summed E-state index contributed by atoms with van der Waals surface area (Å²) >= 11 is 0. The Morgan fingerprint density at radius 2 is 1.88 bits per heavy atom. The maximum absolute atomic E-state index is 11.4. The molecule has 0 aliphatic rings. The van der Waals surface area contributed by atoms with Crippen LogP contribution in [0.2, 0.25) is 19.6 Å². The molecule has 0 heterocycles. The second-order valence-corrected chi connectivity index (χ2v) is 9.01. The van der Waals surface area contributed by atoms with Crippen molar-refractivity contribution < 1.29 is 19.1 Å². The molecular formula is C11H18O4Si. The molecule has 0 rings (SSSR count). The van der Waals surface area contributed by atoms with Crippen LogP contribution >= 0.6 is 0 Å². The summed E-state index contributed by atoms with van der Waals surface area (Å²) in [5, 5.41) is 0. The zero-order valence-corrected chi connectivity index (χ0v) is 11.4. The van der Waals surface area contributed by atoms with Crippen molar-refractivity contribution in [1.82, 2.24) is 0 Å². The van der Waals surface area contributed by atoms with E-state index in [4.69, 9.17) is 9.47 Å². The van der Waals surface area contributed by atoms with Crippen LogP contribution in [-0.2, 0) is 19.1 Å². The van der Waals surface area contributed by atoms with Gasteiger partial charge in [0, 0.05) is 6.92 Å². The lowest BCUT2D eigenvalue weighted by Crippen LogP contribution is -2.28. The maximum Gasteiger partial charge on any atom is 0.360 e. The van der Waals surface area contributed by atoms with Gasteiger partial charge in [0.1, 0.15) is 8.07 Å². The molecule has 0 aliphatic carbocycles. The first kappa shape index (κ1) is 14.7. The first-order valence-corrected chi connectivity index (χ1v) is 8.63. The van der Waals surface area contributed by atoms with Crippen molar-refractivity contribution in [3.8, 4) is 11.5 Å². The first-order valence-electron chi connectivity index (χ1n) is 5.13. The zero-order chi connectivity index (χ0) is 12.8. The molecule has 0 N–H and O–H groups in total. The highest BCUT2D eigenvalue weighted by Crippen LogP contribution is 2.00. The van der Waals surface area contributed by atoms with Gasteiger partial charge in [0.2, 0.25) is 0 Å². The van der Waals surface area contributed by atoms with Gasteiger partial charge in [-0.05, 0) is 6.92 Å². The summed E-state index contributed by atoms with van der Waals surface area (Å²) < 4.78 is 9.56. The highest BCUT2D eigenvalue weighted by molar-refractivity contribution is 6.83. The van der Waals surface area contributed by atoms with Crippen molar-refractivity contribution in [3.63, 3.8) is 0 Å². The van der Waals surface area contributed by atoms with E-state index >= 15 is 0 Å². The Balaban J connectivity index is 4.72. The predicted octanol–water partition coefficient (Wildman–Crippen LogP) is 1.36. The Kier molecular flexibility index (Phi) is 5.82. The summed E-state index contributed by atoms with van der Waals surface area (Å²) in [6.07, 6.45) is -1.09. The molecule has 4 nitrogen and oxygen atoms in total. The van der Waals surface area contributed by atoms with Gasteiger partial charge in [0.25, 0.3) is 6.10 Å². The van der Waals surface area contributed by atoms with Crippen LogP contribution in [0.4, 0.5) is 0 Å². The minimum Gasteiger partial charge on any atom is -0.462 e. The Morgan fingerprint density at radius 1 is 1.31 bits per heavy atom. The molecule has 0 aliphatic heterocycles. The summed E-state index contributed by atoms with van der Waals surface area (Å²) in [5.41, 5.74) is 2.98. The predicted molar refractivity (Wildman–Crippen MR) is 63.3 cm³/mol. The maximum atomic E-state index is 11.4. The normalized spacial score (nSPS) is 12.1. The number of hydrogen-bond acceptors (Lipinski definition) is 4. The van der Waals surface area contributed by atoms with Gasteiger partial charge in [-0.2, -0.15) is 0 Å². The van der Waals surface area contributed by atoms with Gasteiger partial charge >= 0.3 is 11.9 Å². The molecule has 0 saturated carbocycles. The summed E-state index contributed by atoms with van der Waals surface area (Å²) in [6.45, 7) is 9.28. The van der Waals surface area contributed by atoms with Crippen molar-refractivity contribution >= 4 is 20.0 Å². The first-order chi connectivity index (χ1) is 7.26. The van der Waals surface area contributed by atoms with Gasteiger partial charge in [0.05, 0.1) is 6.61 Å². The van der Waals surface area contributed by atoms with E-state index in [0.29, 0.717) is 0 Å². The number of carbonyl (C=O) groups excluding carboxylic acids is 2. The summed E-state index contributed by atoms with van der Waals surface area (Å²) in [5.74, 6) is 1.52. The fourth-order valence-electron chi connectivity index (χ4n) is 0.802. The number of carbonyl (C=O) groups is 2. The molecule has 90 valence electrons. The number of hydrogen-bond donors (Lipinski definition) is 0. The zero-order valence-electron chi connectivity index (χ0n) is 10.4. The number of ether oxygens (including phenoxy) is 2. The third-order valence-corrected chi connectivity index (χ3v) is 2.26. The van der Waals surface area contributed by atoms with Crippen molar-refractivity contribution in [2.75, 3.05) is 6.61 Å². The van der Waals surface area contributed by atoms with E-state index in [-0.39, 0.29) is 6.61 Å². The van der Waals surface area contributed by atoms with E-state index in [1.807, 2.05) is 19.6 Å². The molecule has 0 aromatic carbocycles. The van der Waals surface area contributed by atoms with E-state index < -0.39 is 26.1 Å². The second-order valence-electron chi connectivity index (χ2n) is 4.26. The van der Waals surface area contributed by atoms with Crippen molar-refractivity contribution in [2.45, 2.75) is 39.6 Å². The molecule has 0 aromatic heterocycles. The lowest BCUT2D eigenvalue weighted by atomic mass is 10.4. The average Bonchev–Trinajstić information content (AvgIpc) is 2.10. The topological polar surface area (TPSA) is 52.6 Å². The van der Waals surface area contributed by atoms with E-state index in [0.717, 1.165) is 0 Å². The Bertz CT molecular complexity index is 319. The molecule has 0 saturated heterocycles. The summed E-state index contributed by atoms with van der Waals surface area (Å²) in [7, 11) is -1.60. The molecule has 16 heavy (non-hydrogen) atoms. The monoisotopic (exact) mass is 242 g/mol. The van der Waals surface area contributed by atoms with Gasteiger partial charge in [-0.25, -0.2) is 4.79 Å². The van der Waals surface area contributed by atoms with E-state index in [1.54, 1.807) is 6.92 Å². The fourth-order valence-corrected chi connectivity index (χ4v) is 1.37. The van der Waals surface area contributed by atoms with Crippen molar-refractivity contribution in [3.05, 3.63) is 0 Å². The van der Waals surface area contributed by atoms with Gasteiger partial charge in [-0.3, -0.25) is 4.79 Å². The standard InChI is InChI=1S/C11H18O4Si/c1-6-14-11(13)10(15-9(2)12)7-8-16(3,4)5/h10H,6H2,1-5H3/t10-/m0/s1. The minimum atomic E-state index is -1.60. The number of esters is 2. The van der Waals surface area contributed by atoms with E-state index in [9.17, 15) is 9.59 Å². The largest absolute Gasteiger partial charge is 0.462 e. The molecule has 0 unspecified atom stereocenters. The van der Waals surface area contributed by atoms with E-state index in [1.165, 1.54) is 6.92 Å². The average molecular weight is 242 g/mol. The Labute approximate surface area is 97.3 Å². The molecule has 0 aromatic rings. The highest BCUT2D eigenvalue weighted by Gasteiger charge is 2.21. The van der Waals surface area contributed by atoms with Crippen LogP contribution < -0.4 is 0 Å². The van der Waals surface area contributed by atoms with Crippen LogP contribution in [0.25, 0.3) is 0 Å². The molecule has 0 fully saturated rings. The van der Waals surface area contributed by atoms with Gasteiger partial charge in [-0.15, -0.1) is 5.54 Å². The molecule has 0 bridgehead atoms. The van der Waals surface area contributed by atoms with Crippen LogP contribution in [0.1, 0.15) is 13.8 Å². The highest BCUT2D eigenvalue weighted by atomic mass is 28.3. The van der Waals surface area contributed by atoms with Gasteiger partial charge < -0.3 is 9.47 Å². The van der Waals surface area contributed by atoms with Crippen LogP contribution in [0.3, 0.4) is 0 Å². The number of rotatable bonds is 3. The lowest BCUT2D eigenvalue weighted by molar-refractivity contribution is -0.162. The molecule has 1 atom stereocenters. The van der Waals surface area contributed by atoms with Gasteiger partial charge in [0.15, 0.2) is 0 Å². The smallest absolute Gasteiger partial charge is 0.360 e. The molecule has 0 radical (unpaired) electrons. The summed E-state index contributed by atoms with van der Waals surface area (Å²) in [6, 6.07) is 0. The quantitative estimate of drug-likeness (QED) is 0.426. The van der Waals surface area contributed by atoms with Crippen LogP contribution in [-0.4, -0.2) is 32.7 Å². The van der Waals surface area contributed by atoms with Crippen molar-refractivity contribution in [2.24, 2.45) is 0 Å².